The number of nitrogens with zero attached hydrogens (tertiary/aromatic N) is 3. The molecule has 3 rings (SSSR count). The van der Waals surface area contributed by atoms with Gasteiger partial charge in [-0.2, -0.15) is 26.3 Å². The summed E-state index contributed by atoms with van der Waals surface area (Å²) >= 11 is 0.144. The van der Waals surface area contributed by atoms with Crippen molar-refractivity contribution in [3.05, 3.63) is 53.7 Å². The van der Waals surface area contributed by atoms with Crippen LogP contribution >= 0.6 is 11.8 Å². The zero-order valence-electron chi connectivity index (χ0n) is 15.7. The number of alkyl halides is 5. The third kappa shape index (κ3) is 5.33. The molecule has 1 aromatic heterocycles. The minimum atomic E-state index is -4.58. The standard InChI is InChI=1S/C18H16F5N3O3S2/c19-17(20)30-15-14(2-1-7-24-15)16(27)25-8-10-26(11-9-25)31(28,29)13-5-3-12(4-6-13)18(21,22)23/h1-7,17H,8-11H2. The number of thioether (sulfide) groups is 1. The molecule has 2 heterocycles. The van der Waals surface area contributed by atoms with Gasteiger partial charge in [0.15, 0.2) is 0 Å². The number of hydrogen-bond acceptors (Lipinski definition) is 5. The van der Waals surface area contributed by atoms with Crippen molar-refractivity contribution in [3.8, 4) is 0 Å². The molecule has 0 aliphatic carbocycles. The van der Waals surface area contributed by atoms with Gasteiger partial charge in [-0.05, 0) is 48.2 Å². The Bertz CT molecular complexity index is 1040. The van der Waals surface area contributed by atoms with E-state index in [4.69, 9.17) is 0 Å². The molecule has 0 radical (unpaired) electrons. The first-order valence-corrected chi connectivity index (χ1v) is 11.2. The number of benzene rings is 1. The average molecular weight is 481 g/mol. The fourth-order valence-corrected chi connectivity index (χ4v) is 4.99. The normalized spacial score (nSPS) is 16.0. The minimum absolute atomic E-state index is 0.00755. The van der Waals surface area contributed by atoms with Crippen LogP contribution in [0.25, 0.3) is 0 Å². The molecule has 1 saturated heterocycles. The highest BCUT2D eigenvalue weighted by Gasteiger charge is 2.33. The van der Waals surface area contributed by atoms with Crippen LogP contribution in [0.15, 0.2) is 52.5 Å². The van der Waals surface area contributed by atoms with Gasteiger partial charge in [-0.3, -0.25) is 4.79 Å². The van der Waals surface area contributed by atoms with E-state index in [2.05, 4.69) is 4.98 Å². The van der Waals surface area contributed by atoms with Crippen molar-refractivity contribution in [1.29, 1.82) is 0 Å². The smallest absolute Gasteiger partial charge is 0.336 e. The van der Waals surface area contributed by atoms with Crippen LogP contribution in [0.1, 0.15) is 15.9 Å². The Morgan fingerprint density at radius 3 is 2.19 bits per heavy atom. The number of aromatic nitrogens is 1. The van der Waals surface area contributed by atoms with Gasteiger partial charge in [-0.15, -0.1) is 0 Å². The average Bonchev–Trinajstić information content (AvgIpc) is 2.73. The SMILES string of the molecule is O=C(c1cccnc1SC(F)F)N1CCN(S(=O)(=O)c2ccc(C(F)(F)F)cc2)CC1. The van der Waals surface area contributed by atoms with Gasteiger partial charge < -0.3 is 4.90 Å². The zero-order valence-corrected chi connectivity index (χ0v) is 17.4. The van der Waals surface area contributed by atoms with E-state index in [0.717, 1.165) is 16.4 Å². The summed E-state index contributed by atoms with van der Waals surface area (Å²) in [6.45, 7) is -0.196. The van der Waals surface area contributed by atoms with Crippen LogP contribution in [-0.4, -0.2) is 60.5 Å². The van der Waals surface area contributed by atoms with E-state index in [9.17, 15) is 35.2 Å². The molecule has 1 aromatic carbocycles. The third-order valence-electron chi connectivity index (χ3n) is 4.55. The molecule has 0 unspecified atom stereocenters. The van der Waals surface area contributed by atoms with Crippen LogP contribution < -0.4 is 0 Å². The topological polar surface area (TPSA) is 70.6 Å². The molecule has 1 fully saturated rings. The fraction of sp³-hybridized carbons (Fsp3) is 0.333. The van der Waals surface area contributed by atoms with Gasteiger partial charge in [0.1, 0.15) is 5.03 Å². The molecule has 1 aliphatic heterocycles. The Balaban J connectivity index is 1.70. The van der Waals surface area contributed by atoms with Gasteiger partial charge in [0, 0.05) is 32.4 Å². The predicted octanol–water partition coefficient (Wildman–Crippen LogP) is 3.56. The lowest BCUT2D eigenvalue weighted by Crippen LogP contribution is -2.50. The fourth-order valence-electron chi connectivity index (χ4n) is 3.00. The monoisotopic (exact) mass is 481 g/mol. The lowest BCUT2D eigenvalue weighted by atomic mass is 10.2. The maximum absolute atomic E-state index is 12.7. The van der Waals surface area contributed by atoms with E-state index < -0.39 is 33.4 Å². The number of rotatable bonds is 5. The Kier molecular flexibility index (Phi) is 6.86. The highest BCUT2D eigenvalue weighted by Crippen LogP contribution is 2.31. The first kappa shape index (κ1) is 23.4. The summed E-state index contributed by atoms with van der Waals surface area (Å²) in [7, 11) is -4.05. The number of carbonyl (C=O) groups excluding carboxylic acids is 1. The number of halogens is 5. The van der Waals surface area contributed by atoms with Gasteiger partial charge in [-0.25, -0.2) is 13.4 Å². The maximum Gasteiger partial charge on any atom is 0.416 e. The van der Waals surface area contributed by atoms with Crippen LogP contribution in [0.2, 0.25) is 0 Å². The highest BCUT2D eigenvalue weighted by atomic mass is 32.2. The van der Waals surface area contributed by atoms with Crippen molar-refractivity contribution in [1.82, 2.24) is 14.2 Å². The molecule has 0 saturated carbocycles. The van der Waals surface area contributed by atoms with Crippen molar-refractivity contribution >= 4 is 27.7 Å². The van der Waals surface area contributed by atoms with Crippen LogP contribution in [0.3, 0.4) is 0 Å². The molecule has 6 nitrogen and oxygen atoms in total. The number of carbonyl (C=O) groups is 1. The van der Waals surface area contributed by atoms with Crippen LogP contribution in [0, 0.1) is 0 Å². The molecule has 31 heavy (non-hydrogen) atoms. The van der Waals surface area contributed by atoms with Crippen molar-refractivity contribution in [3.63, 3.8) is 0 Å². The van der Waals surface area contributed by atoms with Crippen LogP contribution in [0.4, 0.5) is 22.0 Å². The summed E-state index contributed by atoms with van der Waals surface area (Å²) in [4.78, 5) is 17.6. The van der Waals surface area contributed by atoms with E-state index in [1.807, 2.05) is 0 Å². The van der Waals surface area contributed by atoms with Crippen molar-refractivity contribution in [2.24, 2.45) is 0 Å². The second-order valence-electron chi connectivity index (χ2n) is 6.45. The van der Waals surface area contributed by atoms with Crippen LogP contribution in [-0.2, 0) is 16.2 Å². The van der Waals surface area contributed by atoms with Crippen molar-refractivity contribution in [2.75, 3.05) is 26.2 Å². The summed E-state index contributed by atoms with van der Waals surface area (Å²) in [5.74, 6) is -3.31. The van der Waals surface area contributed by atoms with Crippen molar-refractivity contribution in [2.45, 2.75) is 21.9 Å². The van der Waals surface area contributed by atoms with Gasteiger partial charge in [0.05, 0.1) is 16.0 Å². The van der Waals surface area contributed by atoms with Gasteiger partial charge in [0.2, 0.25) is 10.0 Å². The number of pyridine rings is 1. The molecule has 1 amide bonds. The number of sulfonamides is 1. The molecule has 13 heteroatoms. The Morgan fingerprint density at radius 1 is 1.03 bits per heavy atom. The molecule has 0 atom stereocenters. The van der Waals surface area contributed by atoms with E-state index in [1.165, 1.54) is 23.2 Å². The molecular formula is C18H16F5N3O3S2. The largest absolute Gasteiger partial charge is 0.416 e. The van der Waals surface area contributed by atoms with E-state index in [1.54, 1.807) is 0 Å². The Morgan fingerprint density at radius 2 is 1.65 bits per heavy atom. The summed E-state index contributed by atoms with van der Waals surface area (Å²) in [5.41, 5.74) is -0.970. The first-order valence-electron chi connectivity index (χ1n) is 8.86. The molecule has 0 spiro atoms. The van der Waals surface area contributed by atoms with Crippen molar-refractivity contribution < 1.29 is 35.2 Å². The molecule has 0 bridgehead atoms. The molecule has 168 valence electrons. The predicted molar refractivity (Wildman–Crippen MR) is 102 cm³/mol. The van der Waals surface area contributed by atoms with E-state index >= 15 is 0 Å². The third-order valence-corrected chi connectivity index (χ3v) is 7.19. The Labute approximate surface area is 179 Å². The quantitative estimate of drug-likeness (QED) is 0.483. The second-order valence-corrected chi connectivity index (χ2v) is 9.37. The molecule has 1 aliphatic rings. The van der Waals surface area contributed by atoms with Gasteiger partial charge >= 0.3 is 6.18 Å². The molecule has 0 N–H and O–H groups in total. The second kappa shape index (κ2) is 9.09. The number of hydrogen-bond donors (Lipinski definition) is 0. The number of amides is 1. The first-order chi connectivity index (χ1) is 14.5. The summed E-state index contributed by atoms with van der Waals surface area (Å²) in [5, 5.41) is -0.123. The van der Waals surface area contributed by atoms with Gasteiger partial charge in [-0.1, -0.05) is 0 Å². The molecule has 2 aromatic rings. The number of piperazine rings is 1. The minimum Gasteiger partial charge on any atom is -0.336 e. The lowest BCUT2D eigenvalue weighted by molar-refractivity contribution is -0.137. The zero-order chi connectivity index (χ0) is 22.8. The van der Waals surface area contributed by atoms with Gasteiger partial charge in [0.25, 0.3) is 11.7 Å². The summed E-state index contributed by atoms with van der Waals surface area (Å²) in [6, 6.07) is 5.96. The van der Waals surface area contributed by atoms with E-state index in [-0.39, 0.29) is 53.4 Å². The Hall–Kier alpha value is -2.25. The summed E-state index contributed by atoms with van der Waals surface area (Å²) < 4.78 is 89.9. The van der Waals surface area contributed by atoms with Crippen LogP contribution in [0.5, 0.6) is 0 Å². The summed E-state index contributed by atoms with van der Waals surface area (Å²) in [6.07, 6.45) is -3.29. The maximum atomic E-state index is 12.7. The van der Waals surface area contributed by atoms with E-state index in [0.29, 0.717) is 12.1 Å². The molecular weight excluding hydrogens is 465 g/mol. The lowest BCUT2D eigenvalue weighted by Gasteiger charge is -2.34. The highest BCUT2D eigenvalue weighted by molar-refractivity contribution is 7.99.